The minimum atomic E-state index is 0.191. The first-order valence-corrected chi connectivity index (χ1v) is 9.71. The van der Waals surface area contributed by atoms with E-state index in [-0.39, 0.29) is 5.76 Å². The number of halogens is 1. The van der Waals surface area contributed by atoms with E-state index in [4.69, 9.17) is 5.84 Å². The molecule has 0 saturated carbocycles. The SMILES string of the molecule is C=C/C(=C(/O)c1c(C)n(N)c2c1ccc1ccccc12)c1ccccc1I. The Morgan fingerprint density at radius 3 is 2.48 bits per heavy atom. The van der Waals surface area contributed by atoms with Crippen molar-refractivity contribution < 1.29 is 5.11 Å². The number of aliphatic hydroxyl groups is 1. The van der Waals surface area contributed by atoms with E-state index in [1.807, 2.05) is 49.4 Å². The van der Waals surface area contributed by atoms with Crippen LogP contribution in [0.1, 0.15) is 16.8 Å². The van der Waals surface area contributed by atoms with Crippen LogP contribution in [0.2, 0.25) is 0 Å². The van der Waals surface area contributed by atoms with E-state index in [1.54, 1.807) is 10.8 Å². The first-order valence-electron chi connectivity index (χ1n) is 8.63. The van der Waals surface area contributed by atoms with Gasteiger partial charge in [-0.2, -0.15) is 0 Å². The van der Waals surface area contributed by atoms with Crippen LogP contribution >= 0.6 is 22.6 Å². The maximum atomic E-state index is 11.3. The molecule has 4 aromatic rings. The number of benzene rings is 3. The smallest absolute Gasteiger partial charge is 0.133 e. The number of fused-ring (bicyclic) bond motifs is 3. The van der Waals surface area contributed by atoms with Crippen molar-refractivity contribution in [1.29, 1.82) is 0 Å². The molecule has 0 amide bonds. The lowest BCUT2D eigenvalue weighted by atomic mass is 9.98. The summed E-state index contributed by atoms with van der Waals surface area (Å²) in [5.41, 5.74) is 4.11. The second kappa shape index (κ2) is 6.78. The fraction of sp³-hybridized carbons (Fsp3) is 0.0435. The minimum Gasteiger partial charge on any atom is -0.507 e. The molecule has 0 saturated heterocycles. The molecule has 134 valence electrons. The quantitative estimate of drug-likeness (QED) is 0.168. The highest BCUT2D eigenvalue weighted by atomic mass is 127. The van der Waals surface area contributed by atoms with E-state index in [2.05, 4.69) is 47.4 Å². The summed E-state index contributed by atoms with van der Waals surface area (Å²) in [6, 6.07) is 20.2. The summed E-state index contributed by atoms with van der Waals surface area (Å²) in [7, 11) is 0. The number of rotatable bonds is 3. The first kappa shape index (κ1) is 17.7. The molecule has 0 unspecified atom stereocenters. The van der Waals surface area contributed by atoms with Crippen molar-refractivity contribution in [2.45, 2.75) is 6.92 Å². The molecule has 4 rings (SSSR count). The van der Waals surface area contributed by atoms with Crippen LogP contribution in [0, 0.1) is 10.5 Å². The summed E-state index contributed by atoms with van der Waals surface area (Å²) in [4.78, 5) is 0. The van der Waals surface area contributed by atoms with Crippen LogP contribution in [0.4, 0.5) is 0 Å². The molecule has 0 atom stereocenters. The van der Waals surface area contributed by atoms with E-state index >= 15 is 0 Å². The number of hydrogen-bond donors (Lipinski definition) is 2. The van der Waals surface area contributed by atoms with Crippen molar-refractivity contribution in [2.75, 3.05) is 5.84 Å². The van der Waals surface area contributed by atoms with E-state index in [0.29, 0.717) is 5.57 Å². The van der Waals surface area contributed by atoms with Gasteiger partial charge in [-0.05, 0) is 46.5 Å². The third kappa shape index (κ3) is 2.72. The molecule has 3 N–H and O–H groups in total. The van der Waals surface area contributed by atoms with Crippen molar-refractivity contribution in [3.63, 3.8) is 0 Å². The summed E-state index contributed by atoms with van der Waals surface area (Å²) in [6.07, 6.45) is 1.70. The Bertz CT molecular complexity index is 1230. The van der Waals surface area contributed by atoms with Crippen LogP contribution in [-0.2, 0) is 0 Å². The molecule has 0 fully saturated rings. The highest BCUT2D eigenvalue weighted by Gasteiger charge is 2.20. The molecule has 0 aliphatic rings. The van der Waals surface area contributed by atoms with Gasteiger partial charge in [0.15, 0.2) is 0 Å². The van der Waals surface area contributed by atoms with E-state index in [9.17, 15) is 5.11 Å². The highest BCUT2D eigenvalue weighted by Crippen LogP contribution is 2.37. The van der Waals surface area contributed by atoms with Crippen LogP contribution in [0.15, 0.2) is 73.3 Å². The Balaban J connectivity index is 2.10. The zero-order chi connectivity index (χ0) is 19.1. The molecule has 1 heterocycles. The van der Waals surface area contributed by atoms with Gasteiger partial charge in [0, 0.05) is 31.2 Å². The molecule has 1 aromatic heterocycles. The topological polar surface area (TPSA) is 51.2 Å². The van der Waals surface area contributed by atoms with Crippen molar-refractivity contribution in [3.8, 4) is 0 Å². The van der Waals surface area contributed by atoms with Gasteiger partial charge < -0.3 is 10.9 Å². The summed E-state index contributed by atoms with van der Waals surface area (Å²) >= 11 is 2.27. The van der Waals surface area contributed by atoms with Gasteiger partial charge in [-0.1, -0.05) is 67.3 Å². The van der Waals surface area contributed by atoms with Gasteiger partial charge in [-0.15, -0.1) is 0 Å². The zero-order valence-corrected chi connectivity index (χ0v) is 17.1. The van der Waals surface area contributed by atoms with Crippen LogP contribution in [0.3, 0.4) is 0 Å². The molecule has 27 heavy (non-hydrogen) atoms. The average Bonchev–Trinajstić information content (AvgIpc) is 2.94. The number of allylic oxidation sites excluding steroid dienone is 2. The van der Waals surface area contributed by atoms with E-state index < -0.39 is 0 Å². The second-order valence-electron chi connectivity index (χ2n) is 6.46. The zero-order valence-electron chi connectivity index (χ0n) is 14.9. The van der Waals surface area contributed by atoms with Crippen molar-refractivity contribution in [3.05, 3.63) is 93.7 Å². The lowest BCUT2D eigenvalue weighted by molar-refractivity contribution is 0.514. The van der Waals surface area contributed by atoms with Gasteiger partial charge in [-0.3, -0.25) is 4.68 Å². The van der Waals surface area contributed by atoms with E-state index in [1.165, 1.54) is 0 Å². The lowest BCUT2D eigenvalue weighted by Gasteiger charge is -2.10. The predicted molar refractivity (Wildman–Crippen MR) is 123 cm³/mol. The Morgan fingerprint density at radius 1 is 1.04 bits per heavy atom. The number of nitrogens with zero attached hydrogens (tertiary/aromatic N) is 1. The summed E-state index contributed by atoms with van der Waals surface area (Å²) in [5, 5.41) is 14.4. The van der Waals surface area contributed by atoms with Crippen molar-refractivity contribution in [2.24, 2.45) is 0 Å². The van der Waals surface area contributed by atoms with Gasteiger partial charge in [0.05, 0.1) is 5.52 Å². The predicted octanol–water partition coefficient (Wildman–Crippen LogP) is 6.03. The maximum absolute atomic E-state index is 11.3. The fourth-order valence-electron chi connectivity index (χ4n) is 3.65. The fourth-order valence-corrected chi connectivity index (χ4v) is 4.32. The Kier molecular flexibility index (Phi) is 4.44. The van der Waals surface area contributed by atoms with Crippen molar-refractivity contribution >= 4 is 55.6 Å². The van der Waals surface area contributed by atoms with Crippen LogP contribution in [0.5, 0.6) is 0 Å². The number of aromatic nitrogens is 1. The normalized spacial score (nSPS) is 12.4. The molecule has 0 aliphatic carbocycles. The number of nitrogens with two attached hydrogens (primary N) is 1. The molecular formula is C23H19IN2O. The van der Waals surface area contributed by atoms with E-state index in [0.717, 1.165) is 42.1 Å². The largest absolute Gasteiger partial charge is 0.507 e. The summed E-state index contributed by atoms with van der Waals surface area (Å²) in [6.45, 7) is 5.86. The average molecular weight is 466 g/mol. The van der Waals surface area contributed by atoms with Gasteiger partial charge in [0.25, 0.3) is 0 Å². The number of hydrogen-bond acceptors (Lipinski definition) is 2. The number of aliphatic hydroxyl groups excluding tert-OH is 1. The summed E-state index contributed by atoms with van der Waals surface area (Å²) in [5.74, 6) is 6.60. The third-order valence-electron chi connectivity index (χ3n) is 4.99. The maximum Gasteiger partial charge on any atom is 0.133 e. The minimum absolute atomic E-state index is 0.191. The molecule has 0 bridgehead atoms. The van der Waals surface area contributed by atoms with Gasteiger partial charge in [0.2, 0.25) is 0 Å². The molecule has 0 radical (unpaired) electrons. The standard InChI is InChI=1S/C23H19IN2O/c1-3-16(18-10-6-7-11-20(18)24)23(27)21-14(2)26(25)22-17-9-5-4-8-15(17)12-13-19(21)22/h3-13,27H,1,25H2,2H3/b23-16-. The van der Waals surface area contributed by atoms with Gasteiger partial charge in [0.1, 0.15) is 5.76 Å². The molecule has 3 aromatic carbocycles. The second-order valence-corrected chi connectivity index (χ2v) is 7.62. The molecule has 4 heteroatoms. The van der Waals surface area contributed by atoms with Crippen LogP contribution in [0.25, 0.3) is 33.0 Å². The molecule has 3 nitrogen and oxygen atoms in total. The molecular weight excluding hydrogens is 447 g/mol. The lowest BCUT2D eigenvalue weighted by Crippen LogP contribution is -2.10. The highest BCUT2D eigenvalue weighted by molar-refractivity contribution is 14.1. The summed E-state index contributed by atoms with van der Waals surface area (Å²) < 4.78 is 2.72. The Morgan fingerprint density at radius 2 is 1.74 bits per heavy atom. The van der Waals surface area contributed by atoms with Gasteiger partial charge >= 0.3 is 0 Å². The van der Waals surface area contributed by atoms with Crippen LogP contribution in [-0.4, -0.2) is 9.78 Å². The molecule has 0 aliphatic heterocycles. The van der Waals surface area contributed by atoms with Crippen molar-refractivity contribution in [1.82, 2.24) is 4.68 Å². The van der Waals surface area contributed by atoms with Gasteiger partial charge in [-0.25, -0.2) is 0 Å². The van der Waals surface area contributed by atoms with Crippen LogP contribution < -0.4 is 5.84 Å². The Labute approximate surface area is 171 Å². The monoisotopic (exact) mass is 466 g/mol. The number of nitrogen functional groups attached to an aromatic ring is 1. The third-order valence-corrected chi connectivity index (χ3v) is 5.93. The first-order chi connectivity index (χ1) is 13.0. The Hall–Kier alpha value is -2.73. The molecule has 0 spiro atoms.